The van der Waals surface area contributed by atoms with E-state index in [9.17, 15) is 0 Å². The van der Waals surface area contributed by atoms with Gasteiger partial charge < -0.3 is 9.80 Å². The molecule has 0 saturated heterocycles. The Morgan fingerprint density at radius 2 is 0.707 bits per heavy atom. The molecular formula is C56H36N2. The van der Waals surface area contributed by atoms with Crippen molar-refractivity contribution in [3.8, 4) is 11.1 Å². The smallest absolute Gasteiger partial charge is 0.0534 e. The molecule has 0 radical (unpaired) electrons. The molecule has 0 fully saturated rings. The second-order valence-electron chi connectivity index (χ2n) is 15.3. The van der Waals surface area contributed by atoms with Crippen molar-refractivity contribution in [2.24, 2.45) is 0 Å². The molecule has 0 aliphatic carbocycles. The summed E-state index contributed by atoms with van der Waals surface area (Å²) in [5.74, 6) is 0. The van der Waals surface area contributed by atoms with E-state index >= 15 is 0 Å². The summed E-state index contributed by atoms with van der Waals surface area (Å²) in [5.41, 5.74) is 14.2. The summed E-state index contributed by atoms with van der Waals surface area (Å²) in [7, 11) is 0. The van der Waals surface area contributed by atoms with Crippen LogP contribution in [0.3, 0.4) is 0 Å². The van der Waals surface area contributed by atoms with Crippen LogP contribution in [0.2, 0.25) is 0 Å². The first-order valence-corrected chi connectivity index (χ1v) is 20.0. The standard InChI is InChI=1S/C56H36N2/c1-6-18-46-41(17-1)35-51(49-20-8-7-19-48(46)49)56-47-32-31-44(57-52-21-9-2-13-37(52)25-26-38-14-3-10-22-53(38)57)34-43(47)33-42-29-30-45(36-50(42)56)58-54-23-11-4-15-39(54)27-28-40-16-5-12-24-55(40)58/h1-36H. The van der Waals surface area contributed by atoms with E-state index in [2.05, 4.69) is 228 Å². The first-order valence-electron chi connectivity index (χ1n) is 20.0. The molecule has 0 bridgehead atoms. The van der Waals surface area contributed by atoms with E-state index in [0.717, 1.165) is 11.4 Å². The highest BCUT2D eigenvalue weighted by molar-refractivity contribution is 6.22. The molecule has 2 aliphatic heterocycles. The molecule has 270 valence electrons. The van der Waals surface area contributed by atoms with E-state index in [-0.39, 0.29) is 0 Å². The molecule has 0 amide bonds. The highest BCUT2D eigenvalue weighted by Crippen LogP contribution is 2.48. The van der Waals surface area contributed by atoms with Crippen molar-refractivity contribution in [2.75, 3.05) is 9.80 Å². The fourth-order valence-electron chi connectivity index (χ4n) is 9.43. The van der Waals surface area contributed by atoms with Crippen LogP contribution in [0.1, 0.15) is 22.3 Å². The molecule has 2 heteroatoms. The van der Waals surface area contributed by atoms with Crippen LogP contribution >= 0.6 is 0 Å². The van der Waals surface area contributed by atoms with Crippen molar-refractivity contribution in [3.05, 3.63) is 216 Å². The van der Waals surface area contributed by atoms with E-state index in [1.54, 1.807) is 0 Å². The van der Waals surface area contributed by atoms with Gasteiger partial charge in [0.05, 0.1) is 22.7 Å². The normalized spacial score (nSPS) is 13.0. The molecule has 0 saturated carbocycles. The van der Waals surface area contributed by atoms with Crippen LogP contribution in [0.5, 0.6) is 0 Å². The average Bonchev–Trinajstić information content (AvgIpc) is 3.56. The summed E-state index contributed by atoms with van der Waals surface area (Å²) in [4.78, 5) is 4.85. The van der Waals surface area contributed by atoms with Crippen molar-refractivity contribution < 1.29 is 0 Å². The van der Waals surface area contributed by atoms with Crippen LogP contribution in [0.4, 0.5) is 34.1 Å². The van der Waals surface area contributed by atoms with Gasteiger partial charge >= 0.3 is 0 Å². The lowest BCUT2D eigenvalue weighted by atomic mass is 9.87. The zero-order chi connectivity index (χ0) is 38.2. The van der Waals surface area contributed by atoms with Crippen molar-refractivity contribution >= 4 is 102 Å². The van der Waals surface area contributed by atoms with Gasteiger partial charge in [-0.25, -0.2) is 0 Å². The van der Waals surface area contributed by atoms with Crippen LogP contribution in [0.15, 0.2) is 194 Å². The van der Waals surface area contributed by atoms with Crippen LogP contribution in [-0.4, -0.2) is 0 Å². The number of benzene rings is 10. The van der Waals surface area contributed by atoms with Gasteiger partial charge in [0, 0.05) is 11.4 Å². The molecule has 12 rings (SSSR count). The van der Waals surface area contributed by atoms with Gasteiger partial charge in [0.2, 0.25) is 0 Å². The van der Waals surface area contributed by atoms with Crippen molar-refractivity contribution in [1.29, 1.82) is 0 Å². The second-order valence-corrected chi connectivity index (χ2v) is 15.3. The Morgan fingerprint density at radius 3 is 1.29 bits per heavy atom. The highest BCUT2D eigenvalue weighted by atomic mass is 15.2. The first-order chi connectivity index (χ1) is 28.8. The Morgan fingerprint density at radius 1 is 0.259 bits per heavy atom. The Hall–Kier alpha value is -7.68. The van der Waals surface area contributed by atoms with Gasteiger partial charge in [0.15, 0.2) is 0 Å². The van der Waals surface area contributed by atoms with Gasteiger partial charge in [-0.1, -0.05) is 158 Å². The third kappa shape index (κ3) is 5.05. The summed E-state index contributed by atoms with van der Waals surface area (Å²) in [6.45, 7) is 0. The molecule has 0 spiro atoms. The Balaban J connectivity index is 1.16. The van der Waals surface area contributed by atoms with Crippen LogP contribution in [0.25, 0.3) is 78.5 Å². The molecule has 58 heavy (non-hydrogen) atoms. The van der Waals surface area contributed by atoms with Gasteiger partial charge in [0.1, 0.15) is 0 Å². The summed E-state index contributed by atoms with van der Waals surface area (Å²) < 4.78 is 0. The molecule has 0 aromatic heterocycles. The third-order valence-corrected chi connectivity index (χ3v) is 12.1. The van der Waals surface area contributed by atoms with Crippen molar-refractivity contribution in [3.63, 3.8) is 0 Å². The SMILES string of the molecule is C1=Cc2ccccc2N(c2ccc3c(-c4cc5ccccc5c5ccccc45)c4cc(N5c6ccccc6C=Cc6ccccc65)ccc4cc3c2)c2ccccc21. The lowest BCUT2D eigenvalue weighted by Gasteiger charge is -2.28. The average molecular weight is 737 g/mol. The summed E-state index contributed by atoms with van der Waals surface area (Å²) in [6.07, 6.45) is 8.95. The minimum absolute atomic E-state index is 1.13. The topological polar surface area (TPSA) is 6.48 Å². The zero-order valence-electron chi connectivity index (χ0n) is 31.7. The third-order valence-electron chi connectivity index (χ3n) is 12.1. The van der Waals surface area contributed by atoms with E-state index in [4.69, 9.17) is 0 Å². The molecule has 2 heterocycles. The Bertz CT molecular complexity index is 3270. The van der Waals surface area contributed by atoms with Crippen LogP contribution in [0, 0.1) is 0 Å². The molecule has 2 aliphatic rings. The number of nitrogens with zero attached hydrogens (tertiary/aromatic N) is 2. The number of anilines is 6. The minimum Gasteiger partial charge on any atom is -0.309 e. The number of fused-ring (bicyclic) bond motifs is 9. The molecule has 0 atom stereocenters. The molecule has 10 aromatic carbocycles. The number of para-hydroxylation sites is 4. The fraction of sp³-hybridized carbons (Fsp3) is 0. The van der Waals surface area contributed by atoms with Crippen LogP contribution in [-0.2, 0) is 0 Å². The van der Waals surface area contributed by atoms with E-state index in [0.29, 0.717) is 0 Å². The summed E-state index contributed by atoms with van der Waals surface area (Å²) >= 11 is 0. The van der Waals surface area contributed by atoms with E-state index in [1.807, 2.05) is 0 Å². The molecular weight excluding hydrogens is 701 g/mol. The van der Waals surface area contributed by atoms with Crippen molar-refractivity contribution in [1.82, 2.24) is 0 Å². The predicted molar refractivity (Wildman–Crippen MR) is 249 cm³/mol. The van der Waals surface area contributed by atoms with Crippen molar-refractivity contribution in [2.45, 2.75) is 0 Å². The van der Waals surface area contributed by atoms with Gasteiger partial charge in [-0.2, -0.15) is 0 Å². The Kier molecular flexibility index (Phi) is 7.26. The maximum absolute atomic E-state index is 2.43. The van der Waals surface area contributed by atoms with Gasteiger partial charge in [-0.15, -0.1) is 0 Å². The predicted octanol–water partition coefficient (Wildman–Crippen LogP) is 15.9. The molecule has 2 nitrogen and oxygen atoms in total. The molecule has 10 aromatic rings. The summed E-state index contributed by atoms with van der Waals surface area (Å²) in [6, 6.07) is 71.5. The minimum atomic E-state index is 1.13. The monoisotopic (exact) mass is 736 g/mol. The maximum atomic E-state index is 2.43. The first kappa shape index (κ1) is 32.6. The highest BCUT2D eigenvalue weighted by Gasteiger charge is 2.24. The maximum Gasteiger partial charge on any atom is 0.0534 e. The lowest BCUT2D eigenvalue weighted by Crippen LogP contribution is -2.12. The fourth-order valence-corrected chi connectivity index (χ4v) is 9.43. The van der Waals surface area contributed by atoms with Gasteiger partial charge in [-0.3, -0.25) is 0 Å². The van der Waals surface area contributed by atoms with E-state index < -0.39 is 0 Å². The molecule has 0 N–H and O–H groups in total. The number of hydrogen-bond acceptors (Lipinski definition) is 2. The Labute approximate surface area is 337 Å². The number of rotatable bonds is 3. The van der Waals surface area contributed by atoms with E-state index in [1.165, 1.54) is 99.2 Å². The second kappa shape index (κ2) is 12.9. The number of hydrogen-bond donors (Lipinski definition) is 0. The largest absolute Gasteiger partial charge is 0.309 e. The molecule has 0 unspecified atom stereocenters. The van der Waals surface area contributed by atoms with Crippen LogP contribution < -0.4 is 9.80 Å². The zero-order valence-corrected chi connectivity index (χ0v) is 31.7. The van der Waals surface area contributed by atoms with Gasteiger partial charge in [0.25, 0.3) is 0 Å². The quantitative estimate of drug-likeness (QED) is 0.132. The lowest BCUT2D eigenvalue weighted by molar-refractivity contribution is 1.28. The summed E-state index contributed by atoms with van der Waals surface area (Å²) in [5, 5.41) is 9.87. The van der Waals surface area contributed by atoms with Gasteiger partial charge in [-0.05, 0) is 137 Å².